The second-order valence-corrected chi connectivity index (χ2v) is 26.2. The molecule has 0 amide bonds. The molecule has 0 radical (unpaired) electrons. The van der Waals surface area contributed by atoms with Gasteiger partial charge in [0.05, 0.1) is 11.1 Å². The van der Waals surface area contributed by atoms with E-state index in [1.807, 2.05) is 0 Å². The van der Waals surface area contributed by atoms with Crippen LogP contribution in [-0.4, -0.2) is 11.3 Å². The van der Waals surface area contributed by atoms with E-state index >= 15 is 0 Å². The molecule has 75 heavy (non-hydrogen) atoms. The van der Waals surface area contributed by atoms with Gasteiger partial charge in [-0.15, -0.1) is 0 Å². The summed E-state index contributed by atoms with van der Waals surface area (Å²) in [6.45, 7) is 27.9. The lowest BCUT2D eigenvalue weighted by molar-refractivity contribution is 0.590. The Morgan fingerprint density at radius 2 is 0.907 bits per heavy atom. The molecule has 0 atom stereocenters. The summed E-state index contributed by atoms with van der Waals surface area (Å²) in [5.41, 5.74) is 27.7. The number of nitrogens with zero attached hydrogens (tertiary/aromatic N) is 3. The Labute approximate surface area is 444 Å². The standard InChI is InChI=1S/C71H66BN3/c1-67(2,3)43-28-33-47(34-29-43)73(48-35-30-44(31-36-48)68(4,5)6)49-41-53-55-40-46(70(10,11)12)39-54-52-38-45(69(7,8)9)32-37-61(52)75(65(54)55)72-60-26-19-25-59-66(60)74(63(42-49)64(53)72)62-27-18-17-24-58(62)71(59)56-22-15-13-20-50(56)51-21-14-16-23-57(51)71/h13-42H,1-12H3. The minimum atomic E-state index is -0.539. The van der Waals surface area contributed by atoms with Crippen LogP contribution in [0.3, 0.4) is 0 Å². The van der Waals surface area contributed by atoms with Crippen molar-refractivity contribution < 1.29 is 0 Å². The zero-order chi connectivity index (χ0) is 51.9. The Morgan fingerprint density at radius 1 is 0.387 bits per heavy atom. The van der Waals surface area contributed by atoms with E-state index in [2.05, 4.69) is 279 Å². The molecule has 3 aliphatic heterocycles. The largest absolute Gasteiger partial charge is 0.375 e. The van der Waals surface area contributed by atoms with Crippen molar-refractivity contribution in [1.29, 1.82) is 0 Å². The van der Waals surface area contributed by atoms with Crippen molar-refractivity contribution in [1.82, 2.24) is 4.48 Å². The molecule has 4 heterocycles. The van der Waals surface area contributed by atoms with Crippen molar-refractivity contribution in [2.75, 3.05) is 9.80 Å². The second kappa shape index (κ2) is 15.3. The quantitative estimate of drug-likeness (QED) is 0.164. The van der Waals surface area contributed by atoms with Crippen molar-refractivity contribution in [2.24, 2.45) is 0 Å². The van der Waals surface area contributed by atoms with Gasteiger partial charge in [-0.3, -0.25) is 0 Å². The summed E-state index contributed by atoms with van der Waals surface area (Å²) >= 11 is 0. The van der Waals surface area contributed by atoms with E-state index in [4.69, 9.17) is 0 Å². The molecule has 1 aromatic heterocycles. The molecule has 3 nitrogen and oxygen atoms in total. The van der Waals surface area contributed by atoms with Crippen molar-refractivity contribution in [3.63, 3.8) is 0 Å². The highest BCUT2D eigenvalue weighted by molar-refractivity contribution is 6.90. The lowest BCUT2D eigenvalue weighted by atomic mass is 9.44. The van der Waals surface area contributed by atoms with Gasteiger partial charge in [-0.05, 0) is 161 Å². The van der Waals surface area contributed by atoms with Gasteiger partial charge >= 0.3 is 6.85 Å². The Hall–Kier alpha value is -7.56. The van der Waals surface area contributed by atoms with E-state index in [0.29, 0.717) is 0 Å². The summed E-state index contributed by atoms with van der Waals surface area (Å²) in [6.07, 6.45) is 0. The first-order valence-corrected chi connectivity index (χ1v) is 27.3. The van der Waals surface area contributed by atoms with E-state index in [-0.39, 0.29) is 28.5 Å². The lowest BCUT2D eigenvalue weighted by Gasteiger charge is -2.50. The SMILES string of the molecule is CC(C)(C)c1ccc(N(c2ccc(C(C)(C)C)cc2)c2cc3c4c(c2)N2c5ccccc5C5(c6ccccc6-c6ccccc65)c5cccc(c52)B4n2c4ccc(C(C)(C)C)cc4c4cc(C(C)(C)C)cc-3c42)cc1. The molecule has 0 N–H and O–H groups in total. The first-order chi connectivity index (χ1) is 35.7. The lowest BCUT2D eigenvalue weighted by Crippen LogP contribution is -2.58. The Kier molecular flexibility index (Phi) is 9.38. The third-order valence-electron chi connectivity index (χ3n) is 17.6. The van der Waals surface area contributed by atoms with Crippen LogP contribution in [0.5, 0.6) is 0 Å². The number of fused-ring (bicyclic) bond motifs is 16. The van der Waals surface area contributed by atoms with E-state index in [9.17, 15) is 0 Å². The number of aromatic nitrogens is 1. The molecule has 9 aromatic carbocycles. The molecule has 0 unspecified atom stereocenters. The van der Waals surface area contributed by atoms with Crippen LogP contribution in [0.15, 0.2) is 182 Å². The van der Waals surface area contributed by atoms with Crippen molar-refractivity contribution in [3.05, 3.63) is 226 Å². The van der Waals surface area contributed by atoms with Crippen LogP contribution >= 0.6 is 0 Å². The molecular formula is C71H66BN3. The van der Waals surface area contributed by atoms with Crippen LogP contribution in [0.1, 0.15) is 128 Å². The molecule has 1 aliphatic carbocycles. The maximum Gasteiger partial charge on any atom is 0.333 e. The van der Waals surface area contributed by atoms with Gasteiger partial charge in [0.15, 0.2) is 0 Å². The molecule has 10 aromatic rings. The zero-order valence-electron chi connectivity index (χ0n) is 45.7. The maximum atomic E-state index is 2.76. The van der Waals surface area contributed by atoms with Crippen LogP contribution in [0.2, 0.25) is 0 Å². The molecule has 4 aliphatic rings. The average molecular weight is 972 g/mol. The van der Waals surface area contributed by atoms with Crippen molar-refractivity contribution in [3.8, 4) is 22.3 Å². The highest BCUT2D eigenvalue weighted by atomic mass is 15.2. The van der Waals surface area contributed by atoms with Crippen molar-refractivity contribution in [2.45, 2.75) is 110 Å². The normalized spacial score (nSPS) is 14.7. The fraction of sp³-hybridized carbons (Fsp3) is 0.239. The zero-order valence-corrected chi connectivity index (χ0v) is 45.7. The summed E-state index contributed by atoms with van der Waals surface area (Å²) in [6, 6.07) is 71.3. The number of benzene rings is 9. The number of hydrogen-bond donors (Lipinski definition) is 0. The summed E-state index contributed by atoms with van der Waals surface area (Å²) in [5, 5.41) is 2.66. The molecular weight excluding hydrogens is 906 g/mol. The predicted octanol–water partition coefficient (Wildman–Crippen LogP) is 17.5. The van der Waals surface area contributed by atoms with Gasteiger partial charge < -0.3 is 14.3 Å². The van der Waals surface area contributed by atoms with Crippen LogP contribution < -0.4 is 20.7 Å². The van der Waals surface area contributed by atoms with Gasteiger partial charge in [0.1, 0.15) is 0 Å². The monoisotopic (exact) mass is 972 g/mol. The molecule has 0 fully saturated rings. The van der Waals surface area contributed by atoms with E-state index in [1.165, 1.54) is 117 Å². The van der Waals surface area contributed by atoms with Gasteiger partial charge in [-0.2, -0.15) is 0 Å². The Balaban J connectivity index is 1.15. The number of hydrogen-bond acceptors (Lipinski definition) is 2. The first-order valence-electron chi connectivity index (χ1n) is 27.3. The van der Waals surface area contributed by atoms with Gasteiger partial charge in [-0.25, -0.2) is 0 Å². The fourth-order valence-corrected chi connectivity index (χ4v) is 13.7. The van der Waals surface area contributed by atoms with Gasteiger partial charge in [-0.1, -0.05) is 198 Å². The minimum absolute atomic E-state index is 0.0165. The van der Waals surface area contributed by atoms with Gasteiger partial charge in [0.25, 0.3) is 0 Å². The summed E-state index contributed by atoms with van der Waals surface area (Å²) in [4.78, 5) is 5.22. The van der Waals surface area contributed by atoms with Crippen LogP contribution in [-0.2, 0) is 27.1 Å². The maximum absolute atomic E-state index is 2.76. The molecule has 368 valence electrons. The summed E-state index contributed by atoms with van der Waals surface area (Å²) in [7, 11) is 0. The highest BCUT2D eigenvalue weighted by Gasteiger charge is 2.55. The second-order valence-electron chi connectivity index (χ2n) is 26.2. The third kappa shape index (κ3) is 6.35. The number of anilines is 6. The van der Waals surface area contributed by atoms with Crippen LogP contribution in [0, 0.1) is 0 Å². The predicted molar refractivity (Wildman–Crippen MR) is 320 cm³/mol. The van der Waals surface area contributed by atoms with E-state index in [1.54, 1.807) is 0 Å². The summed E-state index contributed by atoms with van der Waals surface area (Å²) in [5.74, 6) is 0. The van der Waals surface area contributed by atoms with Crippen LogP contribution in [0.25, 0.3) is 44.1 Å². The molecule has 0 saturated heterocycles. The van der Waals surface area contributed by atoms with E-state index < -0.39 is 5.41 Å². The average Bonchev–Trinajstić information content (AvgIpc) is 4.13. The minimum Gasteiger partial charge on any atom is -0.375 e. The molecule has 0 saturated carbocycles. The highest BCUT2D eigenvalue weighted by Crippen LogP contribution is 2.64. The Morgan fingerprint density at radius 3 is 1.49 bits per heavy atom. The summed E-state index contributed by atoms with van der Waals surface area (Å²) < 4.78 is 2.76. The van der Waals surface area contributed by atoms with E-state index in [0.717, 1.165) is 17.1 Å². The third-order valence-corrected chi connectivity index (χ3v) is 17.6. The molecule has 14 rings (SSSR count). The Bertz CT molecular complexity index is 3940. The smallest absolute Gasteiger partial charge is 0.333 e. The van der Waals surface area contributed by atoms with Gasteiger partial charge in [0, 0.05) is 55.8 Å². The first kappa shape index (κ1) is 46.0. The van der Waals surface area contributed by atoms with Crippen LogP contribution in [0.4, 0.5) is 34.1 Å². The topological polar surface area (TPSA) is 11.4 Å². The van der Waals surface area contributed by atoms with Crippen molar-refractivity contribution >= 4 is 73.7 Å². The molecule has 0 bridgehead atoms. The van der Waals surface area contributed by atoms with Gasteiger partial charge in [0.2, 0.25) is 0 Å². The number of para-hydroxylation sites is 2. The molecule has 4 heteroatoms. The fourth-order valence-electron chi connectivity index (χ4n) is 13.7. The molecule has 1 spiro atoms. The number of rotatable bonds is 3.